The maximum absolute atomic E-state index is 12.0. The molecular weight excluding hydrogens is 250 g/mol. The molecule has 0 unspecified atom stereocenters. The van der Waals surface area contributed by atoms with Crippen molar-refractivity contribution in [1.82, 2.24) is 14.2 Å². The number of nitrogens with zero attached hydrogens (tertiary/aromatic N) is 3. The van der Waals surface area contributed by atoms with Gasteiger partial charge in [0.25, 0.3) is 5.56 Å². The fourth-order valence-electron chi connectivity index (χ4n) is 1.88. The molecule has 0 fully saturated rings. The standard InChI is InChI=1S/C12H15N3O4/c1-4-19-12(17)9-6-14(2)15-10(16)5-8(7-18-3)13-11(9)15/h5-6H,4,7H2,1-3H3. The molecule has 2 aromatic heterocycles. The molecule has 0 atom stereocenters. The molecule has 0 spiro atoms. The lowest BCUT2D eigenvalue weighted by molar-refractivity contribution is 0.0528. The van der Waals surface area contributed by atoms with E-state index in [4.69, 9.17) is 9.47 Å². The van der Waals surface area contributed by atoms with Crippen LogP contribution < -0.4 is 5.56 Å². The van der Waals surface area contributed by atoms with Gasteiger partial charge in [0.1, 0.15) is 5.56 Å². The summed E-state index contributed by atoms with van der Waals surface area (Å²) in [4.78, 5) is 28.1. The van der Waals surface area contributed by atoms with Crippen molar-refractivity contribution in [2.45, 2.75) is 13.5 Å². The van der Waals surface area contributed by atoms with Gasteiger partial charge in [0.2, 0.25) is 0 Å². The van der Waals surface area contributed by atoms with Gasteiger partial charge >= 0.3 is 5.97 Å². The highest BCUT2D eigenvalue weighted by Crippen LogP contribution is 2.10. The van der Waals surface area contributed by atoms with E-state index in [2.05, 4.69) is 4.98 Å². The predicted molar refractivity (Wildman–Crippen MR) is 67.1 cm³/mol. The molecule has 0 aliphatic rings. The van der Waals surface area contributed by atoms with Crippen molar-refractivity contribution < 1.29 is 14.3 Å². The number of methoxy groups -OCH3 is 1. The third kappa shape index (κ3) is 2.37. The van der Waals surface area contributed by atoms with Gasteiger partial charge in [-0.1, -0.05) is 0 Å². The molecule has 0 aliphatic heterocycles. The molecule has 102 valence electrons. The van der Waals surface area contributed by atoms with Gasteiger partial charge in [-0.3, -0.25) is 9.48 Å². The monoisotopic (exact) mass is 265 g/mol. The first-order valence-electron chi connectivity index (χ1n) is 5.82. The molecule has 0 N–H and O–H groups in total. The molecule has 7 nitrogen and oxygen atoms in total. The van der Waals surface area contributed by atoms with Crippen molar-refractivity contribution in [2.75, 3.05) is 13.7 Å². The van der Waals surface area contributed by atoms with Crippen LogP contribution in [-0.2, 0) is 23.1 Å². The third-order valence-corrected chi connectivity index (χ3v) is 2.61. The van der Waals surface area contributed by atoms with Gasteiger partial charge in [0, 0.05) is 26.4 Å². The molecule has 2 heterocycles. The number of ether oxygens (including phenoxy) is 2. The Hall–Kier alpha value is -2.15. The molecule has 0 amide bonds. The average Bonchev–Trinajstić information content (AvgIpc) is 2.68. The summed E-state index contributed by atoms with van der Waals surface area (Å²) < 4.78 is 12.7. The quantitative estimate of drug-likeness (QED) is 0.746. The van der Waals surface area contributed by atoms with E-state index in [0.29, 0.717) is 5.69 Å². The Bertz CT molecular complexity index is 671. The van der Waals surface area contributed by atoms with Crippen molar-refractivity contribution in [3.8, 4) is 0 Å². The zero-order valence-corrected chi connectivity index (χ0v) is 11.0. The first kappa shape index (κ1) is 13.3. The van der Waals surface area contributed by atoms with E-state index in [1.165, 1.54) is 28.6 Å². The summed E-state index contributed by atoms with van der Waals surface area (Å²) in [6, 6.07) is 1.38. The SMILES string of the molecule is CCOC(=O)c1cn(C)n2c(=O)cc(COC)nc12. The Kier molecular flexibility index (Phi) is 3.66. The topological polar surface area (TPSA) is 74.8 Å². The summed E-state index contributed by atoms with van der Waals surface area (Å²) in [5, 5.41) is 0. The maximum Gasteiger partial charge on any atom is 0.343 e. The van der Waals surface area contributed by atoms with E-state index in [1.54, 1.807) is 14.0 Å². The maximum atomic E-state index is 12.0. The third-order valence-electron chi connectivity index (χ3n) is 2.61. The summed E-state index contributed by atoms with van der Waals surface area (Å²) in [6.07, 6.45) is 1.53. The number of aromatic nitrogens is 3. The molecule has 0 saturated heterocycles. The van der Waals surface area contributed by atoms with Gasteiger partial charge in [0.15, 0.2) is 5.65 Å². The van der Waals surface area contributed by atoms with E-state index in [9.17, 15) is 9.59 Å². The lowest BCUT2D eigenvalue weighted by Gasteiger charge is -2.02. The Balaban J connectivity index is 2.66. The van der Waals surface area contributed by atoms with E-state index in [1.807, 2.05) is 0 Å². The molecule has 19 heavy (non-hydrogen) atoms. The van der Waals surface area contributed by atoms with Crippen LogP contribution in [0, 0.1) is 0 Å². The minimum atomic E-state index is -0.498. The summed E-state index contributed by atoms with van der Waals surface area (Å²) in [7, 11) is 3.18. The second-order valence-electron chi connectivity index (χ2n) is 3.99. The van der Waals surface area contributed by atoms with Crippen molar-refractivity contribution in [3.63, 3.8) is 0 Å². The first-order chi connectivity index (χ1) is 9.08. The highest BCUT2D eigenvalue weighted by molar-refractivity contribution is 5.95. The van der Waals surface area contributed by atoms with Gasteiger partial charge < -0.3 is 9.47 Å². The van der Waals surface area contributed by atoms with Gasteiger partial charge in [-0.25, -0.2) is 9.78 Å². The van der Waals surface area contributed by atoms with Gasteiger partial charge in [0.05, 0.1) is 18.9 Å². The molecule has 2 rings (SSSR count). The van der Waals surface area contributed by atoms with E-state index < -0.39 is 5.97 Å². The normalized spacial score (nSPS) is 10.9. The number of hydrogen-bond donors (Lipinski definition) is 0. The summed E-state index contributed by atoms with van der Waals surface area (Å²) >= 11 is 0. The van der Waals surface area contributed by atoms with Crippen LogP contribution in [0.15, 0.2) is 17.1 Å². The van der Waals surface area contributed by atoms with Crippen molar-refractivity contribution >= 4 is 11.6 Å². The highest BCUT2D eigenvalue weighted by atomic mass is 16.5. The molecule has 0 saturated carbocycles. The Labute approximate surface area is 109 Å². The van der Waals surface area contributed by atoms with Crippen LogP contribution in [0.2, 0.25) is 0 Å². The number of carbonyl (C=O) groups excluding carboxylic acids is 1. The molecule has 2 aromatic rings. The second kappa shape index (κ2) is 5.23. The van der Waals surface area contributed by atoms with Crippen LogP contribution in [-0.4, -0.2) is 33.9 Å². The number of aryl methyl sites for hydroxylation is 1. The zero-order chi connectivity index (χ0) is 14.0. The summed E-state index contributed by atoms with van der Waals surface area (Å²) in [5.74, 6) is -0.498. The van der Waals surface area contributed by atoms with Crippen molar-refractivity contribution in [2.24, 2.45) is 7.05 Å². The molecule has 0 bridgehead atoms. The highest BCUT2D eigenvalue weighted by Gasteiger charge is 2.18. The van der Waals surface area contributed by atoms with Crippen molar-refractivity contribution in [3.05, 3.63) is 33.9 Å². The van der Waals surface area contributed by atoms with Crippen LogP contribution in [0.25, 0.3) is 5.65 Å². The lowest BCUT2D eigenvalue weighted by Crippen LogP contribution is -2.20. The first-order valence-corrected chi connectivity index (χ1v) is 5.82. The van der Waals surface area contributed by atoms with Crippen LogP contribution in [0.3, 0.4) is 0 Å². The van der Waals surface area contributed by atoms with E-state index in [-0.39, 0.29) is 30.0 Å². The van der Waals surface area contributed by atoms with E-state index >= 15 is 0 Å². The van der Waals surface area contributed by atoms with E-state index in [0.717, 1.165) is 0 Å². The van der Waals surface area contributed by atoms with Crippen LogP contribution >= 0.6 is 0 Å². The largest absolute Gasteiger partial charge is 0.462 e. The Morgan fingerprint density at radius 1 is 1.47 bits per heavy atom. The average molecular weight is 265 g/mol. The zero-order valence-electron chi connectivity index (χ0n) is 11.0. The van der Waals surface area contributed by atoms with Gasteiger partial charge in [-0.15, -0.1) is 0 Å². The molecule has 7 heteroatoms. The van der Waals surface area contributed by atoms with Crippen LogP contribution in [0.1, 0.15) is 23.0 Å². The van der Waals surface area contributed by atoms with Gasteiger partial charge in [-0.2, -0.15) is 4.52 Å². The number of esters is 1. The second-order valence-corrected chi connectivity index (χ2v) is 3.99. The van der Waals surface area contributed by atoms with Crippen LogP contribution in [0.4, 0.5) is 0 Å². The Morgan fingerprint density at radius 2 is 2.21 bits per heavy atom. The van der Waals surface area contributed by atoms with Crippen molar-refractivity contribution in [1.29, 1.82) is 0 Å². The molecule has 0 radical (unpaired) electrons. The molecule has 0 aliphatic carbocycles. The fraction of sp³-hybridized carbons (Fsp3) is 0.417. The predicted octanol–water partition coefficient (Wildman–Crippen LogP) is 0.356. The smallest absolute Gasteiger partial charge is 0.343 e. The lowest BCUT2D eigenvalue weighted by atomic mass is 10.3. The molecule has 0 aromatic carbocycles. The minimum Gasteiger partial charge on any atom is -0.462 e. The van der Waals surface area contributed by atoms with Gasteiger partial charge in [-0.05, 0) is 6.92 Å². The summed E-state index contributed by atoms with van der Waals surface area (Å²) in [5.41, 5.74) is 0.749. The minimum absolute atomic E-state index is 0.211. The fourth-order valence-corrected chi connectivity index (χ4v) is 1.88. The molecular formula is C12H15N3O4. The van der Waals surface area contributed by atoms with Crippen LogP contribution in [0.5, 0.6) is 0 Å². The number of fused-ring (bicyclic) bond motifs is 1. The Morgan fingerprint density at radius 3 is 2.84 bits per heavy atom. The number of carbonyl (C=O) groups is 1. The number of hydrogen-bond acceptors (Lipinski definition) is 5. The summed E-state index contributed by atoms with van der Waals surface area (Å²) in [6.45, 7) is 2.20. The number of rotatable bonds is 4.